The van der Waals surface area contributed by atoms with Gasteiger partial charge in [0.2, 0.25) is 5.91 Å². The Morgan fingerprint density at radius 3 is 2.55 bits per heavy atom. The van der Waals surface area contributed by atoms with Crippen molar-refractivity contribution in [1.29, 1.82) is 0 Å². The Hall–Kier alpha value is -2.66. The summed E-state index contributed by atoms with van der Waals surface area (Å²) < 4.78 is 66.9. The number of thiophene rings is 1. The van der Waals surface area contributed by atoms with E-state index in [9.17, 15) is 21.6 Å². The first-order valence-electron chi connectivity index (χ1n) is 14.7. The van der Waals surface area contributed by atoms with E-state index in [1.54, 1.807) is 26.1 Å². The number of ether oxygens (including phenoxy) is 1. The molecule has 0 spiro atoms. The minimum Gasteiger partial charge on any atom is -0.444 e. The molecule has 5 rings (SSSR count). The molecule has 2 atom stereocenters. The van der Waals surface area contributed by atoms with Gasteiger partial charge in [0, 0.05) is 54.5 Å². The molecule has 2 aliphatic rings. The van der Waals surface area contributed by atoms with Crippen LogP contribution in [0, 0.1) is 0 Å². The Bertz CT molecular complexity index is 1610. The normalized spacial score (nSPS) is 22.9. The maximum atomic E-state index is 14.2. The number of oxazole rings is 1. The van der Waals surface area contributed by atoms with Crippen molar-refractivity contribution in [2.45, 2.75) is 57.0 Å². The molecule has 2 unspecified atom stereocenters. The second kappa shape index (κ2) is 13.8. The van der Waals surface area contributed by atoms with Crippen LogP contribution in [0.5, 0.6) is 0 Å². The highest BCUT2D eigenvalue weighted by Gasteiger charge is 2.51. The molecule has 3 aromatic rings. The predicted molar refractivity (Wildman–Crippen MR) is 166 cm³/mol. The van der Waals surface area contributed by atoms with E-state index in [1.165, 1.54) is 26.3 Å². The van der Waals surface area contributed by atoms with Gasteiger partial charge in [-0.1, -0.05) is 38.1 Å². The first-order valence-corrected chi connectivity index (χ1v) is 18.6. The van der Waals surface area contributed by atoms with Gasteiger partial charge in [0.05, 0.1) is 18.4 Å². The highest BCUT2D eigenvalue weighted by molar-refractivity contribution is 7.92. The van der Waals surface area contributed by atoms with Crippen molar-refractivity contribution in [1.82, 2.24) is 19.1 Å². The Balaban J connectivity index is 1.46. The van der Waals surface area contributed by atoms with Crippen LogP contribution < -0.4 is 5.48 Å². The molecule has 240 valence electrons. The van der Waals surface area contributed by atoms with E-state index in [0.717, 1.165) is 28.8 Å². The maximum absolute atomic E-state index is 14.2. The molecule has 0 saturated carbocycles. The SMILES string of the molecule is CCN(CC)S(=O)(=O)N1CCC(CC(=O)NOC2CCCCO2)(c2ccc(-c3ccc(-c4cnco4)cc3)s2)S(=O)(=O)CC1. The van der Waals surface area contributed by atoms with Gasteiger partial charge in [-0.05, 0) is 37.0 Å². The van der Waals surface area contributed by atoms with Crippen LogP contribution in [0.1, 0.15) is 50.8 Å². The highest BCUT2D eigenvalue weighted by atomic mass is 32.2. The van der Waals surface area contributed by atoms with Crippen LogP contribution in [0.25, 0.3) is 21.8 Å². The number of hydroxylamine groups is 1. The van der Waals surface area contributed by atoms with Crippen LogP contribution >= 0.6 is 11.3 Å². The fraction of sp³-hybridized carbons (Fsp3) is 0.517. The monoisotopic (exact) mass is 666 g/mol. The van der Waals surface area contributed by atoms with Gasteiger partial charge in [0.1, 0.15) is 4.75 Å². The molecular weight excluding hydrogens is 629 g/mol. The van der Waals surface area contributed by atoms with E-state index in [2.05, 4.69) is 10.5 Å². The Morgan fingerprint density at radius 1 is 1.14 bits per heavy atom. The summed E-state index contributed by atoms with van der Waals surface area (Å²) >= 11 is 1.28. The molecule has 2 aliphatic heterocycles. The number of aromatic nitrogens is 1. The molecule has 2 fully saturated rings. The quantitative estimate of drug-likeness (QED) is 0.301. The van der Waals surface area contributed by atoms with Crippen molar-refractivity contribution in [3.8, 4) is 21.8 Å². The van der Waals surface area contributed by atoms with Crippen molar-refractivity contribution in [2.75, 3.05) is 38.5 Å². The third-order valence-electron chi connectivity index (χ3n) is 8.16. The summed E-state index contributed by atoms with van der Waals surface area (Å²) in [6.07, 6.45) is 4.29. The fourth-order valence-electron chi connectivity index (χ4n) is 5.62. The lowest BCUT2D eigenvalue weighted by atomic mass is 9.97. The zero-order valence-electron chi connectivity index (χ0n) is 24.8. The summed E-state index contributed by atoms with van der Waals surface area (Å²) in [6, 6.07) is 11.2. The number of nitrogens with zero attached hydrogens (tertiary/aromatic N) is 3. The van der Waals surface area contributed by atoms with Crippen LogP contribution in [0.15, 0.2) is 53.4 Å². The zero-order valence-corrected chi connectivity index (χ0v) is 27.3. The predicted octanol–water partition coefficient (Wildman–Crippen LogP) is 3.94. The number of carbonyl (C=O) groups is 1. The van der Waals surface area contributed by atoms with E-state index < -0.39 is 49.2 Å². The van der Waals surface area contributed by atoms with E-state index in [-0.39, 0.29) is 32.6 Å². The zero-order chi connectivity index (χ0) is 31.4. The van der Waals surface area contributed by atoms with Gasteiger partial charge in [0.25, 0.3) is 10.2 Å². The number of amides is 1. The summed E-state index contributed by atoms with van der Waals surface area (Å²) in [7, 11) is -7.92. The highest BCUT2D eigenvalue weighted by Crippen LogP contribution is 2.45. The number of benzene rings is 1. The van der Waals surface area contributed by atoms with Crippen LogP contribution in [-0.4, -0.2) is 81.2 Å². The number of hydrogen-bond donors (Lipinski definition) is 1. The van der Waals surface area contributed by atoms with Crippen LogP contribution in [0.4, 0.5) is 0 Å². The number of nitrogens with one attached hydrogen (secondary N) is 1. The smallest absolute Gasteiger partial charge is 0.281 e. The molecule has 44 heavy (non-hydrogen) atoms. The van der Waals surface area contributed by atoms with Gasteiger partial charge in [-0.2, -0.15) is 17.0 Å². The summed E-state index contributed by atoms with van der Waals surface area (Å²) in [5.74, 6) is -0.413. The Kier molecular flexibility index (Phi) is 10.2. The molecule has 4 heterocycles. The minimum atomic E-state index is -4.03. The van der Waals surface area contributed by atoms with Crippen molar-refractivity contribution in [2.24, 2.45) is 0 Å². The average molecular weight is 667 g/mol. The minimum absolute atomic E-state index is 0.0585. The average Bonchev–Trinajstić information content (AvgIpc) is 3.72. The summed E-state index contributed by atoms with van der Waals surface area (Å²) in [5, 5.41) is 0. The van der Waals surface area contributed by atoms with Gasteiger partial charge < -0.3 is 9.15 Å². The number of rotatable bonds is 11. The topological polar surface area (TPSA) is 148 Å². The summed E-state index contributed by atoms with van der Waals surface area (Å²) in [4.78, 5) is 24.0. The first kappa shape index (κ1) is 32.7. The molecule has 1 N–H and O–H groups in total. The van der Waals surface area contributed by atoms with Crippen LogP contribution in [0.3, 0.4) is 0 Å². The molecule has 0 aliphatic carbocycles. The van der Waals surface area contributed by atoms with Gasteiger partial charge in [0.15, 0.2) is 28.3 Å². The third-order valence-corrected chi connectivity index (χ3v) is 14.3. The van der Waals surface area contributed by atoms with E-state index in [4.69, 9.17) is 14.0 Å². The molecule has 12 nitrogen and oxygen atoms in total. The van der Waals surface area contributed by atoms with Gasteiger partial charge in [-0.3, -0.25) is 4.79 Å². The molecular formula is C29H38N4O8S3. The second-order valence-electron chi connectivity index (χ2n) is 10.8. The van der Waals surface area contributed by atoms with Crippen molar-refractivity contribution < 1.29 is 35.6 Å². The van der Waals surface area contributed by atoms with E-state index >= 15 is 0 Å². The number of carbonyl (C=O) groups excluding carboxylic acids is 1. The molecule has 15 heteroatoms. The summed E-state index contributed by atoms with van der Waals surface area (Å²) in [5.41, 5.74) is 4.12. The van der Waals surface area contributed by atoms with Gasteiger partial charge >= 0.3 is 0 Å². The molecule has 2 aromatic heterocycles. The van der Waals surface area contributed by atoms with E-state index in [1.807, 2.05) is 30.3 Å². The lowest BCUT2D eigenvalue weighted by molar-refractivity contribution is -0.200. The standard InChI is InChI=1S/C29H38N4O8S3/c1-3-32(4-2)44(37,38)33-15-14-29(43(35,36)18-16-33,19-27(34)31-41-28-7-5-6-17-39-28)26-13-12-25(42-26)23-10-8-22(9-11-23)24-20-30-21-40-24/h8-13,20-21,28H,3-7,14-19H2,1-2H3,(H,31,34). The molecule has 0 bridgehead atoms. The van der Waals surface area contributed by atoms with Crippen molar-refractivity contribution >= 4 is 37.3 Å². The van der Waals surface area contributed by atoms with Crippen LogP contribution in [0.2, 0.25) is 0 Å². The van der Waals surface area contributed by atoms with Crippen molar-refractivity contribution in [3.05, 3.63) is 53.9 Å². The summed E-state index contributed by atoms with van der Waals surface area (Å²) in [6.45, 7) is 4.28. The van der Waals surface area contributed by atoms with Crippen molar-refractivity contribution in [3.63, 3.8) is 0 Å². The number of sulfone groups is 1. The largest absolute Gasteiger partial charge is 0.444 e. The Morgan fingerprint density at radius 2 is 1.89 bits per heavy atom. The fourth-order valence-corrected chi connectivity index (χ4v) is 11.0. The van der Waals surface area contributed by atoms with Crippen LogP contribution in [-0.2, 0) is 39.2 Å². The third kappa shape index (κ3) is 6.78. The molecule has 1 amide bonds. The van der Waals surface area contributed by atoms with Gasteiger partial charge in [-0.15, -0.1) is 11.3 Å². The lowest BCUT2D eigenvalue weighted by Crippen LogP contribution is -2.45. The maximum Gasteiger partial charge on any atom is 0.281 e. The molecule has 0 radical (unpaired) electrons. The number of hydrogen-bond acceptors (Lipinski definition) is 10. The molecule has 2 saturated heterocycles. The second-order valence-corrected chi connectivity index (χ2v) is 16.2. The van der Waals surface area contributed by atoms with E-state index in [0.29, 0.717) is 23.7 Å². The van der Waals surface area contributed by atoms with Gasteiger partial charge in [-0.25, -0.2) is 23.7 Å². The lowest BCUT2D eigenvalue weighted by Gasteiger charge is -2.31. The molecule has 1 aromatic carbocycles. The first-order chi connectivity index (χ1) is 21.1. The Labute approximate surface area is 262 Å².